The summed E-state index contributed by atoms with van der Waals surface area (Å²) in [6.07, 6.45) is 0.273. The molecule has 5 nitrogen and oxygen atoms in total. The van der Waals surface area contributed by atoms with Crippen molar-refractivity contribution in [2.45, 2.75) is 0 Å². The van der Waals surface area contributed by atoms with E-state index in [2.05, 4.69) is 10.3 Å². The van der Waals surface area contributed by atoms with E-state index in [-0.39, 0.29) is 0 Å². The maximum absolute atomic E-state index is 10.4. The third-order valence-electron chi connectivity index (χ3n) is 1.95. The van der Waals surface area contributed by atoms with Crippen LogP contribution < -0.4 is 10.1 Å². The van der Waals surface area contributed by atoms with Crippen LogP contribution >= 0.6 is 0 Å². The van der Waals surface area contributed by atoms with Crippen LogP contribution in [0, 0.1) is 0 Å². The zero-order valence-electron chi connectivity index (χ0n) is 8.83. The Morgan fingerprint density at radius 1 is 1.18 bits per heavy atom. The van der Waals surface area contributed by atoms with Crippen LogP contribution in [0.5, 0.6) is 11.6 Å². The smallest absolute Gasteiger partial charge is 0.409 e. The number of ether oxygens (including phenoxy) is 1. The molecule has 0 fully saturated rings. The van der Waals surface area contributed by atoms with E-state index >= 15 is 0 Å². The highest BCUT2D eigenvalue weighted by Crippen LogP contribution is 2.19. The summed E-state index contributed by atoms with van der Waals surface area (Å²) >= 11 is 0. The van der Waals surface area contributed by atoms with Crippen molar-refractivity contribution in [3.63, 3.8) is 0 Å². The Hall–Kier alpha value is -2.56. The highest BCUT2D eigenvalue weighted by Gasteiger charge is 2.00. The van der Waals surface area contributed by atoms with Crippen molar-refractivity contribution >= 4 is 11.8 Å². The van der Waals surface area contributed by atoms with Crippen LogP contribution in [-0.4, -0.2) is 16.2 Å². The number of aromatic nitrogens is 1. The van der Waals surface area contributed by atoms with Gasteiger partial charge >= 0.3 is 6.09 Å². The van der Waals surface area contributed by atoms with Gasteiger partial charge in [-0.05, 0) is 18.2 Å². The van der Waals surface area contributed by atoms with Crippen molar-refractivity contribution in [2.75, 3.05) is 5.32 Å². The summed E-state index contributed by atoms with van der Waals surface area (Å²) in [6, 6.07) is 12.4. The van der Waals surface area contributed by atoms with Crippen molar-refractivity contribution in [3.8, 4) is 11.6 Å². The molecule has 2 N–H and O–H groups in total. The number of hydrogen-bond acceptors (Lipinski definition) is 3. The van der Waals surface area contributed by atoms with Gasteiger partial charge in [-0.2, -0.15) is 0 Å². The Kier molecular flexibility index (Phi) is 3.20. The number of nitrogens with one attached hydrogen (secondary N) is 1. The Morgan fingerprint density at radius 3 is 2.53 bits per heavy atom. The topological polar surface area (TPSA) is 71.5 Å². The van der Waals surface area contributed by atoms with E-state index in [4.69, 9.17) is 9.84 Å². The van der Waals surface area contributed by atoms with Crippen molar-refractivity contribution in [1.29, 1.82) is 0 Å². The zero-order valence-corrected chi connectivity index (χ0v) is 8.83. The average molecular weight is 230 g/mol. The molecule has 1 amide bonds. The highest BCUT2D eigenvalue weighted by molar-refractivity contribution is 5.82. The van der Waals surface area contributed by atoms with Crippen LogP contribution in [0.25, 0.3) is 0 Å². The minimum absolute atomic E-state index is 0.401. The first kappa shape index (κ1) is 10.9. The van der Waals surface area contributed by atoms with Crippen molar-refractivity contribution in [1.82, 2.24) is 4.98 Å². The lowest BCUT2D eigenvalue weighted by Crippen LogP contribution is -2.07. The number of anilines is 1. The number of rotatable bonds is 3. The van der Waals surface area contributed by atoms with Crippen LogP contribution in [0.3, 0.4) is 0 Å². The largest absolute Gasteiger partial charge is 0.465 e. The lowest BCUT2D eigenvalue weighted by Gasteiger charge is -2.05. The van der Waals surface area contributed by atoms with Crippen LogP contribution in [0.2, 0.25) is 0 Å². The molecule has 17 heavy (non-hydrogen) atoms. The summed E-state index contributed by atoms with van der Waals surface area (Å²) in [5.41, 5.74) is 0.401. The van der Waals surface area contributed by atoms with Crippen LogP contribution in [0.1, 0.15) is 0 Å². The van der Waals surface area contributed by atoms with Gasteiger partial charge < -0.3 is 9.84 Å². The molecule has 2 aromatic rings. The predicted molar refractivity (Wildman–Crippen MR) is 62.4 cm³/mol. The standard InChI is InChI=1S/C12H10N2O3/c15-12(16)14-9-6-7-11(13-8-9)17-10-4-2-1-3-5-10/h1-8,14H,(H,15,16). The summed E-state index contributed by atoms with van der Waals surface area (Å²) in [5.74, 6) is 1.09. The first-order valence-corrected chi connectivity index (χ1v) is 4.93. The molecule has 0 atom stereocenters. The monoisotopic (exact) mass is 230 g/mol. The van der Waals surface area contributed by atoms with Gasteiger partial charge in [-0.25, -0.2) is 9.78 Å². The Bertz CT molecular complexity index is 497. The third-order valence-corrected chi connectivity index (χ3v) is 1.95. The summed E-state index contributed by atoms with van der Waals surface area (Å²) in [5, 5.41) is 10.7. The molecule has 1 heterocycles. The molecule has 0 radical (unpaired) electrons. The number of carbonyl (C=O) groups is 1. The van der Waals surface area contributed by atoms with E-state index in [0.29, 0.717) is 17.3 Å². The molecule has 86 valence electrons. The Balaban J connectivity index is 2.06. The molecule has 0 unspecified atom stereocenters. The number of hydrogen-bond donors (Lipinski definition) is 2. The summed E-state index contributed by atoms with van der Waals surface area (Å²) < 4.78 is 5.45. The quantitative estimate of drug-likeness (QED) is 0.850. The van der Waals surface area contributed by atoms with Crippen molar-refractivity contribution in [2.24, 2.45) is 0 Å². The normalized spacial score (nSPS) is 9.65. The minimum Gasteiger partial charge on any atom is -0.465 e. The second-order valence-corrected chi connectivity index (χ2v) is 3.23. The van der Waals surface area contributed by atoms with E-state index in [0.717, 1.165) is 0 Å². The molecule has 2 rings (SSSR count). The predicted octanol–water partition coefficient (Wildman–Crippen LogP) is 2.96. The van der Waals surface area contributed by atoms with Crippen LogP contribution in [-0.2, 0) is 0 Å². The van der Waals surface area contributed by atoms with Gasteiger partial charge in [-0.15, -0.1) is 0 Å². The SMILES string of the molecule is O=C(O)Nc1ccc(Oc2ccccc2)nc1. The number of para-hydroxylation sites is 1. The molecule has 0 saturated heterocycles. The Morgan fingerprint density at radius 2 is 1.94 bits per heavy atom. The molecule has 0 saturated carbocycles. The fourth-order valence-corrected chi connectivity index (χ4v) is 1.25. The van der Waals surface area contributed by atoms with Gasteiger partial charge in [-0.1, -0.05) is 18.2 Å². The van der Waals surface area contributed by atoms with Gasteiger partial charge in [0.15, 0.2) is 0 Å². The molecule has 5 heteroatoms. The first-order chi connectivity index (χ1) is 8.24. The second-order valence-electron chi connectivity index (χ2n) is 3.23. The van der Waals surface area contributed by atoms with Crippen LogP contribution in [0.15, 0.2) is 48.7 Å². The maximum Gasteiger partial charge on any atom is 0.409 e. The molecule has 1 aromatic heterocycles. The van der Waals surface area contributed by atoms with Gasteiger partial charge in [0.05, 0.1) is 11.9 Å². The summed E-state index contributed by atoms with van der Waals surface area (Å²) in [4.78, 5) is 14.4. The molecule has 0 aliphatic rings. The van der Waals surface area contributed by atoms with Gasteiger partial charge in [-0.3, -0.25) is 5.32 Å². The van der Waals surface area contributed by atoms with E-state index in [1.165, 1.54) is 6.20 Å². The first-order valence-electron chi connectivity index (χ1n) is 4.93. The summed E-state index contributed by atoms with van der Waals surface area (Å²) in [7, 11) is 0. The van der Waals surface area contributed by atoms with Gasteiger partial charge in [0.1, 0.15) is 5.75 Å². The van der Waals surface area contributed by atoms with Crippen LogP contribution in [0.4, 0.5) is 10.5 Å². The maximum atomic E-state index is 10.4. The van der Waals surface area contributed by atoms with Crippen molar-refractivity contribution < 1.29 is 14.6 Å². The fourth-order valence-electron chi connectivity index (χ4n) is 1.25. The van der Waals surface area contributed by atoms with E-state index < -0.39 is 6.09 Å². The van der Waals surface area contributed by atoms with E-state index in [1.807, 2.05) is 30.3 Å². The van der Waals surface area contributed by atoms with E-state index in [9.17, 15) is 4.79 Å². The van der Waals surface area contributed by atoms with Gasteiger partial charge in [0.25, 0.3) is 0 Å². The second kappa shape index (κ2) is 4.98. The summed E-state index contributed by atoms with van der Waals surface area (Å²) in [6.45, 7) is 0. The molecular weight excluding hydrogens is 220 g/mol. The zero-order chi connectivity index (χ0) is 12.1. The molecular formula is C12H10N2O3. The molecule has 1 aromatic carbocycles. The number of carboxylic acid groups (broad SMARTS) is 1. The van der Waals surface area contributed by atoms with Gasteiger partial charge in [0.2, 0.25) is 5.88 Å². The van der Waals surface area contributed by atoms with Gasteiger partial charge in [0, 0.05) is 6.07 Å². The molecule has 0 spiro atoms. The highest BCUT2D eigenvalue weighted by atomic mass is 16.5. The number of nitrogens with zero attached hydrogens (tertiary/aromatic N) is 1. The average Bonchev–Trinajstić information content (AvgIpc) is 2.32. The van der Waals surface area contributed by atoms with Crippen molar-refractivity contribution in [3.05, 3.63) is 48.7 Å². The molecule has 0 bridgehead atoms. The number of pyridine rings is 1. The lowest BCUT2D eigenvalue weighted by atomic mass is 10.3. The lowest BCUT2D eigenvalue weighted by molar-refractivity contribution is 0.209. The molecule has 0 aliphatic carbocycles. The third kappa shape index (κ3) is 3.20. The number of amides is 1. The minimum atomic E-state index is -1.12. The fraction of sp³-hybridized carbons (Fsp3) is 0. The Labute approximate surface area is 97.7 Å². The van der Waals surface area contributed by atoms with E-state index in [1.54, 1.807) is 12.1 Å². The molecule has 0 aliphatic heterocycles. The number of benzene rings is 1.